The molecule has 1 heterocycles. The Hall–Kier alpha value is -2.10. The standard InChI is InChI=1S/C18H23NO3/c1-2-6-16(13-17(20)21)14-7-9-15(10-8-14)18(22)19-11-4-3-5-12-19/h7-10,13H,2-6,11-12H2,1H3,(H,20,21)/b16-13+. The number of hydrogen-bond acceptors (Lipinski definition) is 2. The van der Waals surface area contributed by atoms with E-state index in [0.29, 0.717) is 12.0 Å². The SMILES string of the molecule is CCC/C(=C\C(=O)O)c1ccc(C(=O)N2CCCCC2)cc1. The van der Waals surface area contributed by atoms with Crippen molar-refractivity contribution in [3.05, 3.63) is 41.5 Å². The summed E-state index contributed by atoms with van der Waals surface area (Å²) < 4.78 is 0. The fourth-order valence-corrected chi connectivity index (χ4v) is 2.82. The van der Waals surface area contributed by atoms with E-state index in [1.54, 1.807) is 12.1 Å². The maximum atomic E-state index is 12.4. The summed E-state index contributed by atoms with van der Waals surface area (Å²) in [5.41, 5.74) is 2.35. The molecule has 4 nitrogen and oxygen atoms in total. The molecule has 118 valence electrons. The lowest BCUT2D eigenvalue weighted by Crippen LogP contribution is -2.35. The molecule has 0 radical (unpaired) electrons. The van der Waals surface area contributed by atoms with E-state index in [-0.39, 0.29) is 5.91 Å². The van der Waals surface area contributed by atoms with E-state index in [0.717, 1.165) is 43.5 Å². The van der Waals surface area contributed by atoms with Gasteiger partial charge in [-0.2, -0.15) is 0 Å². The van der Waals surface area contributed by atoms with Crippen molar-refractivity contribution in [3.63, 3.8) is 0 Å². The molecule has 4 heteroatoms. The molecule has 1 aromatic carbocycles. The van der Waals surface area contributed by atoms with Gasteiger partial charge in [-0.15, -0.1) is 0 Å². The number of carboxylic acid groups (broad SMARTS) is 1. The number of piperidine rings is 1. The summed E-state index contributed by atoms with van der Waals surface area (Å²) in [4.78, 5) is 25.2. The van der Waals surface area contributed by atoms with Gasteiger partial charge in [-0.3, -0.25) is 4.79 Å². The van der Waals surface area contributed by atoms with Crippen LogP contribution in [0.1, 0.15) is 54.9 Å². The van der Waals surface area contributed by atoms with Crippen molar-refractivity contribution in [2.75, 3.05) is 13.1 Å². The molecule has 0 spiro atoms. The second kappa shape index (κ2) is 7.78. The minimum absolute atomic E-state index is 0.0745. The fraction of sp³-hybridized carbons (Fsp3) is 0.444. The molecule has 1 amide bonds. The number of hydrogen-bond donors (Lipinski definition) is 1. The van der Waals surface area contributed by atoms with Gasteiger partial charge in [-0.25, -0.2) is 4.79 Å². The van der Waals surface area contributed by atoms with Crippen LogP contribution in [-0.2, 0) is 4.79 Å². The van der Waals surface area contributed by atoms with Crippen molar-refractivity contribution >= 4 is 17.4 Å². The van der Waals surface area contributed by atoms with Crippen molar-refractivity contribution in [3.8, 4) is 0 Å². The third-order valence-electron chi connectivity index (χ3n) is 3.96. The van der Waals surface area contributed by atoms with Crippen LogP contribution in [0, 0.1) is 0 Å². The Balaban J connectivity index is 2.14. The van der Waals surface area contributed by atoms with Gasteiger partial charge in [-0.05, 0) is 49.0 Å². The average molecular weight is 301 g/mol. The van der Waals surface area contributed by atoms with Crippen LogP contribution >= 0.6 is 0 Å². The number of carboxylic acids is 1. The molecule has 0 aliphatic carbocycles. The van der Waals surface area contributed by atoms with Crippen LogP contribution in [0.3, 0.4) is 0 Å². The van der Waals surface area contributed by atoms with Crippen LogP contribution in [-0.4, -0.2) is 35.0 Å². The number of carbonyl (C=O) groups excluding carboxylic acids is 1. The van der Waals surface area contributed by atoms with E-state index < -0.39 is 5.97 Å². The minimum Gasteiger partial charge on any atom is -0.478 e. The predicted molar refractivity (Wildman–Crippen MR) is 86.7 cm³/mol. The first-order chi connectivity index (χ1) is 10.6. The minimum atomic E-state index is -0.933. The first-order valence-corrected chi connectivity index (χ1v) is 7.95. The average Bonchev–Trinajstić information content (AvgIpc) is 2.54. The van der Waals surface area contributed by atoms with Gasteiger partial charge in [0.05, 0.1) is 0 Å². The summed E-state index contributed by atoms with van der Waals surface area (Å²) >= 11 is 0. The van der Waals surface area contributed by atoms with Crippen LogP contribution in [0.15, 0.2) is 30.3 Å². The van der Waals surface area contributed by atoms with E-state index in [4.69, 9.17) is 5.11 Å². The number of rotatable bonds is 5. The van der Waals surface area contributed by atoms with Crippen molar-refractivity contribution in [2.45, 2.75) is 39.0 Å². The van der Waals surface area contributed by atoms with Crippen molar-refractivity contribution in [1.29, 1.82) is 0 Å². The van der Waals surface area contributed by atoms with Crippen molar-refractivity contribution in [2.24, 2.45) is 0 Å². The molecule has 1 aliphatic rings. The maximum Gasteiger partial charge on any atom is 0.328 e. The lowest BCUT2D eigenvalue weighted by Gasteiger charge is -2.26. The Bertz CT molecular complexity index is 554. The maximum absolute atomic E-state index is 12.4. The van der Waals surface area contributed by atoms with Gasteiger partial charge in [0.1, 0.15) is 0 Å². The second-order valence-corrected chi connectivity index (χ2v) is 5.69. The van der Waals surface area contributed by atoms with E-state index in [1.165, 1.54) is 12.5 Å². The predicted octanol–water partition coefficient (Wildman–Crippen LogP) is 3.58. The lowest BCUT2D eigenvalue weighted by molar-refractivity contribution is -0.131. The molecular weight excluding hydrogens is 278 g/mol. The number of allylic oxidation sites excluding steroid dienone is 1. The second-order valence-electron chi connectivity index (χ2n) is 5.69. The zero-order chi connectivity index (χ0) is 15.9. The number of likely N-dealkylation sites (tertiary alicyclic amines) is 1. The number of nitrogens with zero attached hydrogens (tertiary/aromatic N) is 1. The molecule has 0 aromatic heterocycles. The molecule has 1 aromatic rings. The van der Waals surface area contributed by atoms with Crippen molar-refractivity contribution < 1.29 is 14.7 Å². The van der Waals surface area contributed by atoms with Gasteiger partial charge in [0, 0.05) is 24.7 Å². The molecule has 0 bridgehead atoms. The molecule has 1 N–H and O–H groups in total. The van der Waals surface area contributed by atoms with Gasteiger partial charge >= 0.3 is 5.97 Å². The topological polar surface area (TPSA) is 57.6 Å². The zero-order valence-electron chi connectivity index (χ0n) is 13.0. The van der Waals surface area contributed by atoms with E-state index in [9.17, 15) is 9.59 Å². The Morgan fingerprint density at radius 2 is 1.68 bits per heavy atom. The molecule has 1 saturated heterocycles. The third-order valence-corrected chi connectivity index (χ3v) is 3.96. The molecule has 0 unspecified atom stereocenters. The summed E-state index contributed by atoms with van der Waals surface area (Å²) in [6.07, 6.45) is 6.20. The highest BCUT2D eigenvalue weighted by Gasteiger charge is 2.18. The summed E-state index contributed by atoms with van der Waals surface area (Å²) in [6.45, 7) is 3.69. The van der Waals surface area contributed by atoms with Crippen LogP contribution in [0.2, 0.25) is 0 Å². The lowest BCUT2D eigenvalue weighted by atomic mass is 9.99. The number of carbonyl (C=O) groups is 2. The third kappa shape index (κ3) is 4.20. The number of amides is 1. The van der Waals surface area contributed by atoms with Crippen LogP contribution in [0.4, 0.5) is 0 Å². The van der Waals surface area contributed by atoms with Crippen molar-refractivity contribution in [1.82, 2.24) is 4.90 Å². The highest BCUT2D eigenvalue weighted by atomic mass is 16.4. The molecule has 1 fully saturated rings. The monoisotopic (exact) mass is 301 g/mol. The Morgan fingerprint density at radius 1 is 1.09 bits per heavy atom. The Morgan fingerprint density at radius 3 is 2.23 bits per heavy atom. The van der Waals surface area contributed by atoms with E-state index in [2.05, 4.69) is 0 Å². The largest absolute Gasteiger partial charge is 0.478 e. The summed E-state index contributed by atoms with van der Waals surface area (Å²) in [6, 6.07) is 7.30. The van der Waals surface area contributed by atoms with E-state index >= 15 is 0 Å². The Kier molecular flexibility index (Phi) is 5.75. The zero-order valence-corrected chi connectivity index (χ0v) is 13.0. The molecular formula is C18H23NO3. The molecule has 2 rings (SSSR count). The smallest absolute Gasteiger partial charge is 0.328 e. The highest BCUT2D eigenvalue weighted by molar-refractivity contribution is 5.95. The number of benzene rings is 1. The van der Waals surface area contributed by atoms with Crippen LogP contribution in [0.25, 0.3) is 5.57 Å². The van der Waals surface area contributed by atoms with Gasteiger partial charge in [0.2, 0.25) is 0 Å². The normalized spacial score (nSPS) is 15.7. The first kappa shape index (κ1) is 16.3. The summed E-state index contributed by atoms with van der Waals surface area (Å²) in [5, 5.41) is 8.95. The highest BCUT2D eigenvalue weighted by Crippen LogP contribution is 2.21. The number of aliphatic carboxylic acids is 1. The quantitative estimate of drug-likeness (QED) is 0.846. The molecule has 0 atom stereocenters. The first-order valence-electron chi connectivity index (χ1n) is 7.95. The van der Waals surface area contributed by atoms with Gasteiger partial charge in [0.15, 0.2) is 0 Å². The summed E-state index contributed by atoms with van der Waals surface area (Å²) in [7, 11) is 0. The van der Waals surface area contributed by atoms with Gasteiger partial charge in [-0.1, -0.05) is 25.5 Å². The molecule has 1 aliphatic heterocycles. The fourth-order valence-electron chi connectivity index (χ4n) is 2.82. The van der Waals surface area contributed by atoms with Crippen LogP contribution in [0.5, 0.6) is 0 Å². The molecule has 22 heavy (non-hydrogen) atoms. The Labute approximate surface area is 131 Å². The summed E-state index contributed by atoms with van der Waals surface area (Å²) in [5.74, 6) is -0.859. The molecule has 0 saturated carbocycles. The van der Waals surface area contributed by atoms with E-state index in [1.807, 2.05) is 24.0 Å². The van der Waals surface area contributed by atoms with Gasteiger partial charge in [0.25, 0.3) is 5.91 Å². The van der Waals surface area contributed by atoms with Crippen LogP contribution < -0.4 is 0 Å². The van der Waals surface area contributed by atoms with Gasteiger partial charge < -0.3 is 10.0 Å².